The molecule has 19 heavy (non-hydrogen) atoms. The third-order valence-electron chi connectivity index (χ3n) is 3.81. The van der Waals surface area contributed by atoms with Gasteiger partial charge in [0.1, 0.15) is 5.60 Å². The first kappa shape index (κ1) is 16.3. The van der Waals surface area contributed by atoms with E-state index in [-0.39, 0.29) is 22.6 Å². The Morgan fingerprint density at radius 3 is 2.32 bits per heavy atom. The van der Waals surface area contributed by atoms with Gasteiger partial charge in [0, 0.05) is 5.54 Å². The van der Waals surface area contributed by atoms with E-state index in [1.165, 1.54) is 6.42 Å². The zero-order chi connectivity index (χ0) is 14.9. The largest absolute Gasteiger partial charge is 0.443 e. The molecule has 2 unspecified atom stereocenters. The number of carbonyl (C=O) groups excluding carboxylic acids is 1. The molecule has 0 saturated heterocycles. The summed E-state index contributed by atoms with van der Waals surface area (Å²) < 4.78 is 5.77. The summed E-state index contributed by atoms with van der Waals surface area (Å²) in [4.78, 5) is 12.0. The van der Waals surface area contributed by atoms with Crippen molar-refractivity contribution in [3.05, 3.63) is 0 Å². The van der Waals surface area contributed by atoms with Crippen molar-refractivity contribution < 1.29 is 9.53 Å². The Morgan fingerprint density at radius 1 is 1.26 bits per heavy atom. The van der Waals surface area contributed by atoms with Gasteiger partial charge in [-0.25, -0.2) is 4.79 Å². The molecule has 0 aliphatic heterocycles. The van der Waals surface area contributed by atoms with Gasteiger partial charge in [-0.1, -0.05) is 27.2 Å². The second kappa shape index (κ2) is 5.34. The van der Waals surface area contributed by atoms with E-state index < -0.39 is 0 Å². The van der Waals surface area contributed by atoms with Gasteiger partial charge in [0.15, 0.2) is 0 Å². The Labute approximate surface area is 118 Å². The maximum atomic E-state index is 12.0. The second-order valence-electron chi connectivity index (χ2n) is 8.24. The molecular formula is C16H31NO2. The number of alkyl carbamates (subject to hydrolysis) is 1. The van der Waals surface area contributed by atoms with Crippen LogP contribution >= 0.6 is 0 Å². The smallest absolute Gasteiger partial charge is 0.408 e. The third-order valence-corrected chi connectivity index (χ3v) is 3.81. The van der Waals surface area contributed by atoms with Crippen molar-refractivity contribution >= 4 is 6.09 Å². The van der Waals surface area contributed by atoms with Crippen molar-refractivity contribution in [2.24, 2.45) is 11.3 Å². The van der Waals surface area contributed by atoms with E-state index in [1.54, 1.807) is 0 Å². The topological polar surface area (TPSA) is 38.3 Å². The van der Waals surface area contributed by atoms with Crippen LogP contribution in [0.1, 0.15) is 74.1 Å². The molecule has 1 rings (SSSR count). The fraction of sp³-hybridized carbons (Fsp3) is 0.938. The number of carbonyl (C=O) groups is 1. The van der Waals surface area contributed by atoms with Crippen molar-refractivity contribution in [1.82, 2.24) is 5.32 Å². The molecular weight excluding hydrogens is 238 g/mol. The summed E-state index contributed by atoms with van der Waals surface area (Å²) in [6.07, 6.45) is 4.01. The van der Waals surface area contributed by atoms with Gasteiger partial charge in [-0.3, -0.25) is 0 Å². The average molecular weight is 269 g/mol. The van der Waals surface area contributed by atoms with Gasteiger partial charge in [-0.15, -0.1) is 0 Å². The Bertz CT molecular complexity index is 330. The quantitative estimate of drug-likeness (QED) is 0.801. The van der Waals surface area contributed by atoms with Crippen LogP contribution in [0.2, 0.25) is 0 Å². The number of amides is 1. The maximum Gasteiger partial charge on any atom is 0.408 e. The number of hydrogen-bond acceptors (Lipinski definition) is 2. The summed E-state index contributed by atoms with van der Waals surface area (Å²) in [7, 11) is 0. The molecule has 1 fully saturated rings. The van der Waals surface area contributed by atoms with Gasteiger partial charge < -0.3 is 10.1 Å². The lowest BCUT2D eigenvalue weighted by atomic mass is 9.65. The summed E-state index contributed by atoms with van der Waals surface area (Å²) in [6.45, 7) is 14.8. The molecule has 1 N–H and O–H groups in total. The predicted molar refractivity (Wildman–Crippen MR) is 79.2 cm³/mol. The molecule has 2 atom stereocenters. The molecule has 3 heteroatoms. The molecule has 1 aliphatic rings. The Hall–Kier alpha value is -0.730. The molecule has 0 aromatic heterocycles. The molecule has 3 nitrogen and oxygen atoms in total. The highest BCUT2D eigenvalue weighted by atomic mass is 16.6. The van der Waals surface area contributed by atoms with E-state index in [0.717, 1.165) is 19.3 Å². The third kappa shape index (κ3) is 5.42. The fourth-order valence-electron chi connectivity index (χ4n) is 3.54. The molecule has 1 aliphatic carbocycles. The van der Waals surface area contributed by atoms with Crippen LogP contribution in [0, 0.1) is 11.3 Å². The normalized spacial score (nSPS) is 30.8. The van der Waals surface area contributed by atoms with Gasteiger partial charge >= 0.3 is 6.09 Å². The first-order valence-electron chi connectivity index (χ1n) is 7.46. The Kier molecular flexibility index (Phi) is 4.58. The number of rotatable bonds is 2. The molecule has 0 aromatic carbocycles. The first-order chi connectivity index (χ1) is 8.45. The van der Waals surface area contributed by atoms with Crippen molar-refractivity contribution in [2.75, 3.05) is 0 Å². The van der Waals surface area contributed by atoms with Crippen LogP contribution in [-0.2, 0) is 4.74 Å². The van der Waals surface area contributed by atoms with E-state index >= 15 is 0 Å². The van der Waals surface area contributed by atoms with Crippen LogP contribution in [0.4, 0.5) is 4.79 Å². The monoisotopic (exact) mass is 269 g/mol. The average Bonchev–Trinajstić information content (AvgIpc) is 2.09. The van der Waals surface area contributed by atoms with Crippen LogP contribution in [0.5, 0.6) is 0 Å². The van der Waals surface area contributed by atoms with Crippen molar-refractivity contribution in [1.29, 1.82) is 0 Å². The van der Waals surface area contributed by atoms with Crippen molar-refractivity contribution in [2.45, 2.75) is 85.3 Å². The van der Waals surface area contributed by atoms with Crippen LogP contribution in [-0.4, -0.2) is 17.2 Å². The first-order valence-corrected chi connectivity index (χ1v) is 7.46. The summed E-state index contributed by atoms with van der Waals surface area (Å²) in [5.74, 6) is 0.649. The van der Waals surface area contributed by atoms with Gasteiger partial charge in [0.25, 0.3) is 0 Å². The standard InChI is InChI=1S/C16H31NO2/c1-8-12-9-15(5,6)11-16(7,10-12)19-13(18)17-14(2,3)4/h12H,8-11H2,1-7H3,(H,17,18). The maximum absolute atomic E-state index is 12.0. The number of nitrogens with one attached hydrogen (secondary N) is 1. The van der Waals surface area contributed by atoms with Gasteiger partial charge in [-0.2, -0.15) is 0 Å². The highest BCUT2D eigenvalue weighted by Gasteiger charge is 2.43. The molecule has 1 amide bonds. The van der Waals surface area contributed by atoms with Gasteiger partial charge in [0.05, 0.1) is 0 Å². The van der Waals surface area contributed by atoms with Crippen molar-refractivity contribution in [3.63, 3.8) is 0 Å². The lowest BCUT2D eigenvalue weighted by Gasteiger charge is -2.46. The number of hydrogen-bond donors (Lipinski definition) is 1. The minimum Gasteiger partial charge on any atom is -0.443 e. The lowest BCUT2D eigenvalue weighted by Crippen LogP contribution is -2.48. The lowest BCUT2D eigenvalue weighted by molar-refractivity contribution is -0.0594. The summed E-state index contributed by atoms with van der Waals surface area (Å²) >= 11 is 0. The highest BCUT2D eigenvalue weighted by molar-refractivity contribution is 5.68. The second-order valence-corrected chi connectivity index (χ2v) is 8.24. The highest BCUT2D eigenvalue weighted by Crippen LogP contribution is 2.46. The van der Waals surface area contributed by atoms with Crippen LogP contribution < -0.4 is 5.32 Å². The molecule has 0 heterocycles. The Balaban J connectivity index is 2.71. The summed E-state index contributed by atoms with van der Waals surface area (Å²) in [6, 6.07) is 0. The Morgan fingerprint density at radius 2 is 1.84 bits per heavy atom. The van der Waals surface area contributed by atoms with Gasteiger partial charge in [-0.05, 0) is 58.3 Å². The van der Waals surface area contributed by atoms with E-state index in [2.05, 4.69) is 33.0 Å². The van der Waals surface area contributed by atoms with E-state index in [1.807, 2.05) is 20.8 Å². The molecule has 0 spiro atoms. The minimum absolute atomic E-state index is 0.246. The predicted octanol–water partition coefficient (Wildman–Crippen LogP) is 4.51. The van der Waals surface area contributed by atoms with Crippen LogP contribution in [0.15, 0.2) is 0 Å². The minimum atomic E-state index is -0.336. The molecule has 0 bridgehead atoms. The van der Waals surface area contributed by atoms with Crippen molar-refractivity contribution in [3.8, 4) is 0 Å². The summed E-state index contributed by atoms with van der Waals surface area (Å²) in [5.41, 5.74) is -0.338. The SMILES string of the molecule is CCC1CC(C)(C)CC(C)(OC(=O)NC(C)(C)C)C1. The van der Waals surface area contributed by atoms with Crippen LogP contribution in [0.25, 0.3) is 0 Å². The zero-order valence-corrected chi connectivity index (χ0v) is 13.7. The molecule has 0 radical (unpaired) electrons. The molecule has 112 valence electrons. The van der Waals surface area contributed by atoms with E-state index in [0.29, 0.717) is 5.92 Å². The number of ether oxygens (including phenoxy) is 1. The molecule has 1 saturated carbocycles. The van der Waals surface area contributed by atoms with E-state index in [4.69, 9.17) is 4.74 Å². The zero-order valence-electron chi connectivity index (χ0n) is 13.7. The summed E-state index contributed by atoms with van der Waals surface area (Å²) in [5, 5.41) is 2.89. The molecule has 0 aromatic rings. The van der Waals surface area contributed by atoms with Crippen LogP contribution in [0.3, 0.4) is 0 Å². The fourth-order valence-corrected chi connectivity index (χ4v) is 3.54. The van der Waals surface area contributed by atoms with E-state index in [9.17, 15) is 4.79 Å². The van der Waals surface area contributed by atoms with Gasteiger partial charge in [0.2, 0.25) is 0 Å².